The molecule has 29 heavy (non-hydrogen) atoms. The highest BCUT2D eigenvalue weighted by Crippen LogP contribution is 2.40. The fourth-order valence-corrected chi connectivity index (χ4v) is 5.64. The van der Waals surface area contributed by atoms with Crippen molar-refractivity contribution in [3.8, 4) is 11.5 Å². The Hall–Kier alpha value is -2.01. The van der Waals surface area contributed by atoms with E-state index < -0.39 is 0 Å². The number of benzene rings is 1. The molecule has 0 radical (unpaired) electrons. The Balaban J connectivity index is 1.43. The maximum Gasteiger partial charge on any atom is 0.162 e. The first-order valence-corrected chi connectivity index (χ1v) is 11.3. The van der Waals surface area contributed by atoms with Gasteiger partial charge >= 0.3 is 0 Å². The van der Waals surface area contributed by atoms with Gasteiger partial charge < -0.3 is 19.7 Å². The molecule has 2 aliphatic carbocycles. The molecule has 1 saturated carbocycles. The lowest BCUT2D eigenvalue weighted by Gasteiger charge is -2.37. The van der Waals surface area contributed by atoms with E-state index in [9.17, 15) is 0 Å². The fraction of sp³-hybridized carbons (Fsp3) is 0.625. The van der Waals surface area contributed by atoms with E-state index in [2.05, 4.69) is 16.3 Å². The molecular formula is C24H33N3O2. The summed E-state index contributed by atoms with van der Waals surface area (Å²) in [6, 6.07) is 5.52. The van der Waals surface area contributed by atoms with Crippen molar-refractivity contribution in [2.24, 2.45) is 0 Å². The van der Waals surface area contributed by atoms with Crippen molar-refractivity contribution in [2.45, 2.75) is 69.9 Å². The maximum atomic E-state index is 5.59. The smallest absolute Gasteiger partial charge is 0.162 e. The summed E-state index contributed by atoms with van der Waals surface area (Å²) in [6.07, 6.45) is 11.5. The second-order valence-electron chi connectivity index (χ2n) is 8.88. The largest absolute Gasteiger partial charge is 0.493 e. The molecule has 0 unspecified atom stereocenters. The monoisotopic (exact) mass is 395 g/mol. The lowest BCUT2D eigenvalue weighted by molar-refractivity contribution is 0.159. The summed E-state index contributed by atoms with van der Waals surface area (Å²) >= 11 is 0. The second-order valence-corrected chi connectivity index (χ2v) is 8.88. The fourth-order valence-electron chi connectivity index (χ4n) is 5.64. The third-order valence-corrected chi connectivity index (χ3v) is 7.24. The molecule has 3 aliphatic rings. The number of aryl methyl sites for hydroxylation is 1. The van der Waals surface area contributed by atoms with Crippen molar-refractivity contribution in [1.82, 2.24) is 9.88 Å². The Morgan fingerprint density at radius 3 is 2.38 bits per heavy atom. The van der Waals surface area contributed by atoms with Crippen LogP contribution < -0.4 is 14.8 Å². The van der Waals surface area contributed by atoms with E-state index in [1.54, 1.807) is 14.2 Å². The van der Waals surface area contributed by atoms with Crippen LogP contribution in [0.5, 0.6) is 11.5 Å². The lowest BCUT2D eigenvalue weighted by atomic mass is 10.00. The van der Waals surface area contributed by atoms with Crippen LogP contribution in [-0.4, -0.2) is 49.3 Å². The van der Waals surface area contributed by atoms with Crippen LogP contribution in [0.15, 0.2) is 12.1 Å². The highest BCUT2D eigenvalue weighted by atomic mass is 16.5. The first-order valence-electron chi connectivity index (χ1n) is 11.3. The number of anilines is 1. The number of hydrogen-bond donors (Lipinski definition) is 1. The second kappa shape index (κ2) is 8.02. The van der Waals surface area contributed by atoms with Gasteiger partial charge in [-0.1, -0.05) is 12.8 Å². The van der Waals surface area contributed by atoms with Crippen LogP contribution >= 0.6 is 0 Å². The molecule has 2 aromatic rings. The van der Waals surface area contributed by atoms with Gasteiger partial charge in [-0.25, -0.2) is 0 Å². The molecule has 5 nitrogen and oxygen atoms in total. The van der Waals surface area contributed by atoms with Crippen molar-refractivity contribution in [3.63, 3.8) is 0 Å². The normalized spacial score (nSPS) is 20.9. The van der Waals surface area contributed by atoms with E-state index in [0.29, 0.717) is 6.04 Å². The van der Waals surface area contributed by atoms with Gasteiger partial charge in [-0.15, -0.1) is 0 Å². The zero-order valence-corrected chi connectivity index (χ0v) is 17.8. The van der Waals surface area contributed by atoms with Crippen LogP contribution in [0, 0.1) is 0 Å². The van der Waals surface area contributed by atoms with Crippen molar-refractivity contribution in [3.05, 3.63) is 23.4 Å². The summed E-state index contributed by atoms with van der Waals surface area (Å²) in [6.45, 7) is 2.45. The topological polar surface area (TPSA) is 46.6 Å². The van der Waals surface area contributed by atoms with Crippen LogP contribution in [0.3, 0.4) is 0 Å². The van der Waals surface area contributed by atoms with E-state index in [-0.39, 0.29) is 0 Å². The third kappa shape index (κ3) is 3.54. The van der Waals surface area contributed by atoms with Gasteiger partial charge in [-0.2, -0.15) is 0 Å². The number of rotatable bonds is 5. The van der Waals surface area contributed by atoms with Gasteiger partial charge in [0.25, 0.3) is 0 Å². The van der Waals surface area contributed by atoms with E-state index in [4.69, 9.17) is 14.5 Å². The molecule has 1 saturated heterocycles. The Morgan fingerprint density at radius 2 is 1.66 bits per heavy atom. The number of methoxy groups -OCH3 is 2. The molecule has 5 rings (SSSR count). The maximum absolute atomic E-state index is 5.59. The molecule has 0 spiro atoms. The number of fused-ring (bicyclic) bond motifs is 2. The summed E-state index contributed by atoms with van der Waals surface area (Å²) < 4.78 is 11.1. The first kappa shape index (κ1) is 19.0. The Kier molecular flexibility index (Phi) is 5.25. The summed E-state index contributed by atoms with van der Waals surface area (Å²) in [5.74, 6) is 1.53. The molecule has 156 valence electrons. The molecule has 2 heterocycles. The number of likely N-dealkylation sites (tertiary alicyclic amines) is 1. The van der Waals surface area contributed by atoms with Crippen molar-refractivity contribution in [1.29, 1.82) is 0 Å². The van der Waals surface area contributed by atoms with E-state index in [1.807, 2.05) is 6.07 Å². The van der Waals surface area contributed by atoms with Crippen LogP contribution in [0.25, 0.3) is 10.9 Å². The summed E-state index contributed by atoms with van der Waals surface area (Å²) in [4.78, 5) is 7.72. The zero-order chi connectivity index (χ0) is 19.8. The summed E-state index contributed by atoms with van der Waals surface area (Å²) in [5, 5.41) is 5.13. The average Bonchev–Trinajstić information content (AvgIpc) is 3.45. The van der Waals surface area contributed by atoms with Crippen LogP contribution in [0.4, 0.5) is 5.69 Å². The number of aromatic nitrogens is 1. The molecule has 0 amide bonds. The van der Waals surface area contributed by atoms with Gasteiger partial charge in [0.15, 0.2) is 11.5 Å². The minimum absolute atomic E-state index is 0.538. The number of hydrogen-bond acceptors (Lipinski definition) is 5. The van der Waals surface area contributed by atoms with E-state index in [1.165, 1.54) is 80.4 Å². The van der Waals surface area contributed by atoms with Gasteiger partial charge in [0, 0.05) is 48.0 Å². The van der Waals surface area contributed by atoms with Crippen LogP contribution in [0.1, 0.15) is 56.2 Å². The van der Waals surface area contributed by atoms with Gasteiger partial charge in [0.1, 0.15) is 0 Å². The summed E-state index contributed by atoms with van der Waals surface area (Å²) in [7, 11) is 3.39. The average molecular weight is 396 g/mol. The molecular weight excluding hydrogens is 362 g/mol. The van der Waals surface area contributed by atoms with E-state index >= 15 is 0 Å². The van der Waals surface area contributed by atoms with Crippen molar-refractivity contribution in [2.75, 3.05) is 32.6 Å². The number of ether oxygens (including phenoxy) is 2. The predicted octanol–water partition coefficient (Wildman–Crippen LogP) is 4.56. The van der Waals surface area contributed by atoms with Gasteiger partial charge in [-0.3, -0.25) is 4.98 Å². The SMILES string of the molecule is COc1cc2nc3c(c(NC4CCN(C5CCCC5)CC4)c2cc1OC)CCC3. The quantitative estimate of drug-likeness (QED) is 0.804. The molecule has 1 aromatic carbocycles. The third-order valence-electron chi connectivity index (χ3n) is 7.24. The molecule has 0 atom stereocenters. The molecule has 1 aromatic heterocycles. The molecule has 1 N–H and O–H groups in total. The number of pyridine rings is 1. The standard InChI is InChI=1S/C24H33N3O2/c1-28-22-14-19-21(15-23(22)29-2)26-20-9-5-8-18(20)24(19)25-16-10-12-27(13-11-16)17-6-3-4-7-17/h14-17H,3-13H2,1-2H3,(H,25,26). The first-order chi connectivity index (χ1) is 14.3. The molecule has 1 aliphatic heterocycles. The number of piperidine rings is 1. The lowest BCUT2D eigenvalue weighted by Crippen LogP contribution is -2.43. The molecule has 5 heteroatoms. The Bertz CT molecular complexity index is 884. The van der Waals surface area contributed by atoms with Crippen LogP contribution in [-0.2, 0) is 12.8 Å². The van der Waals surface area contributed by atoms with Gasteiger partial charge in [0.05, 0.1) is 19.7 Å². The van der Waals surface area contributed by atoms with Gasteiger partial charge in [-0.05, 0) is 56.6 Å². The number of nitrogens with zero attached hydrogens (tertiary/aromatic N) is 2. The number of nitrogens with one attached hydrogen (secondary N) is 1. The summed E-state index contributed by atoms with van der Waals surface area (Å²) in [5.41, 5.74) is 4.98. The van der Waals surface area contributed by atoms with E-state index in [0.717, 1.165) is 35.9 Å². The molecule has 2 fully saturated rings. The van der Waals surface area contributed by atoms with Crippen molar-refractivity contribution >= 4 is 16.6 Å². The van der Waals surface area contributed by atoms with Crippen molar-refractivity contribution < 1.29 is 9.47 Å². The van der Waals surface area contributed by atoms with Crippen LogP contribution in [0.2, 0.25) is 0 Å². The predicted molar refractivity (Wildman–Crippen MR) is 117 cm³/mol. The minimum Gasteiger partial charge on any atom is -0.493 e. The molecule has 0 bridgehead atoms. The highest BCUT2D eigenvalue weighted by molar-refractivity contribution is 5.96. The Labute approximate surface area is 173 Å². The highest BCUT2D eigenvalue weighted by Gasteiger charge is 2.28. The minimum atomic E-state index is 0.538. The van der Waals surface area contributed by atoms with Gasteiger partial charge in [0.2, 0.25) is 0 Å². The zero-order valence-electron chi connectivity index (χ0n) is 17.8. The Morgan fingerprint density at radius 1 is 0.931 bits per heavy atom.